The number of carboxylic acid groups (broad SMARTS) is 1. The maximum atomic E-state index is 11.1. The standard InChI is InChI=1S/C15H17NO4S/c1-4-7-20-12-8-10(19-3)5-6-11(12)14-16-9(2)13(21-14)15(17)18/h5-6,8H,4,7H2,1-3H3,(H,17,18). The van der Waals surface area contributed by atoms with Crippen molar-refractivity contribution in [1.29, 1.82) is 0 Å². The molecule has 0 bridgehead atoms. The van der Waals surface area contributed by atoms with Crippen molar-refractivity contribution >= 4 is 17.3 Å². The minimum Gasteiger partial charge on any atom is -0.497 e. The first-order valence-corrected chi connectivity index (χ1v) is 7.40. The molecule has 1 aromatic carbocycles. The molecule has 0 aliphatic rings. The fourth-order valence-electron chi connectivity index (χ4n) is 1.85. The van der Waals surface area contributed by atoms with Crippen LogP contribution in [0, 0.1) is 6.92 Å². The van der Waals surface area contributed by atoms with Crippen molar-refractivity contribution in [2.45, 2.75) is 20.3 Å². The summed E-state index contributed by atoms with van der Waals surface area (Å²) in [5.74, 6) is 0.388. The van der Waals surface area contributed by atoms with Crippen LogP contribution >= 0.6 is 11.3 Å². The summed E-state index contributed by atoms with van der Waals surface area (Å²) < 4.78 is 10.9. The molecule has 0 unspecified atom stereocenters. The maximum absolute atomic E-state index is 11.1. The minimum atomic E-state index is -0.958. The van der Waals surface area contributed by atoms with Gasteiger partial charge in [0.25, 0.3) is 0 Å². The predicted octanol–water partition coefficient (Wildman–Crippen LogP) is 3.61. The van der Waals surface area contributed by atoms with Gasteiger partial charge in [-0.3, -0.25) is 0 Å². The Hall–Kier alpha value is -2.08. The third-order valence-electron chi connectivity index (χ3n) is 2.87. The number of nitrogens with zero attached hydrogens (tertiary/aromatic N) is 1. The van der Waals surface area contributed by atoms with Gasteiger partial charge >= 0.3 is 5.97 Å². The lowest BCUT2D eigenvalue weighted by molar-refractivity contribution is 0.0701. The third kappa shape index (κ3) is 3.33. The Kier molecular flexibility index (Phi) is 4.80. The van der Waals surface area contributed by atoms with E-state index in [4.69, 9.17) is 14.6 Å². The van der Waals surface area contributed by atoms with Crippen LogP contribution < -0.4 is 9.47 Å². The Labute approximate surface area is 127 Å². The maximum Gasteiger partial charge on any atom is 0.347 e. The van der Waals surface area contributed by atoms with E-state index in [2.05, 4.69) is 4.98 Å². The highest BCUT2D eigenvalue weighted by Gasteiger charge is 2.18. The predicted molar refractivity (Wildman–Crippen MR) is 81.6 cm³/mol. The number of aromatic nitrogens is 1. The first kappa shape index (κ1) is 15.3. The molecule has 1 aromatic heterocycles. The van der Waals surface area contributed by atoms with Crippen LogP contribution in [0.5, 0.6) is 11.5 Å². The zero-order valence-corrected chi connectivity index (χ0v) is 13.0. The van der Waals surface area contributed by atoms with Crippen LogP contribution in [0.1, 0.15) is 28.7 Å². The van der Waals surface area contributed by atoms with Gasteiger partial charge < -0.3 is 14.6 Å². The highest BCUT2D eigenvalue weighted by Crippen LogP contribution is 2.36. The highest BCUT2D eigenvalue weighted by atomic mass is 32.1. The van der Waals surface area contributed by atoms with E-state index >= 15 is 0 Å². The molecule has 0 saturated carbocycles. The number of thiazole rings is 1. The van der Waals surface area contributed by atoms with Gasteiger partial charge in [0.1, 0.15) is 21.4 Å². The van der Waals surface area contributed by atoms with Crippen LogP contribution in [-0.4, -0.2) is 29.8 Å². The van der Waals surface area contributed by atoms with Gasteiger partial charge in [-0.05, 0) is 25.5 Å². The summed E-state index contributed by atoms with van der Waals surface area (Å²) in [6, 6.07) is 5.45. The molecule has 1 N–H and O–H groups in total. The number of rotatable bonds is 6. The van der Waals surface area contributed by atoms with E-state index in [9.17, 15) is 4.79 Å². The Morgan fingerprint density at radius 2 is 2.19 bits per heavy atom. The Bertz CT molecular complexity index is 651. The molecule has 0 fully saturated rings. The molecule has 0 radical (unpaired) electrons. The van der Waals surface area contributed by atoms with Gasteiger partial charge in [-0.1, -0.05) is 6.92 Å². The zero-order valence-electron chi connectivity index (χ0n) is 12.2. The monoisotopic (exact) mass is 307 g/mol. The van der Waals surface area contributed by atoms with Crippen molar-refractivity contribution in [3.8, 4) is 22.1 Å². The molecule has 112 valence electrons. The molecule has 0 amide bonds. The summed E-state index contributed by atoms with van der Waals surface area (Å²) in [6.07, 6.45) is 0.883. The Morgan fingerprint density at radius 1 is 1.43 bits per heavy atom. The summed E-state index contributed by atoms with van der Waals surface area (Å²) in [4.78, 5) is 15.7. The summed E-state index contributed by atoms with van der Waals surface area (Å²) in [6.45, 7) is 4.30. The average molecular weight is 307 g/mol. The topological polar surface area (TPSA) is 68.7 Å². The second kappa shape index (κ2) is 6.58. The third-order valence-corrected chi connectivity index (χ3v) is 4.05. The van der Waals surface area contributed by atoms with E-state index in [-0.39, 0.29) is 4.88 Å². The van der Waals surface area contributed by atoms with Gasteiger partial charge in [0, 0.05) is 6.07 Å². The molecule has 0 aliphatic carbocycles. The molecule has 1 heterocycles. The molecule has 0 saturated heterocycles. The lowest BCUT2D eigenvalue weighted by atomic mass is 10.2. The summed E-state index contributed by atoms with van der Waals surface area (Å²) in [5, 5.41) is 9.78. The van der Waals surface area contributed by atoms with Gasteiger partial charge in [0.15, 0.2) is 0 Å². The van der Waals surface area contributed by atoms with E-state index in [0.29, 0.717) is 28.8 Å². The summed E-state index contributed by atoms with van der Waals surface area (Å²) >= 11 is 1.15. The Morgan fingerprint density at radius 3 is 2.76 bits per heavy atom. The van der Waals surface area contributed by atoms with Crippen molar-refractivity contribution in [3.05, 3.63) is 28.8 Å². The number of ether oxygens (including phenoxy) is 2. The van der Waals surface area contributed by atoms with Crippen molar-refractivity contribution in [1.82, 2.24) is 4.98 Å². The quantitative estimate of drug-likeness (QED) is 0.883. The SMILES string of the molecule is CCCOc1cc(OC)ccc1-c1nc(C)c(C(=O)O)s1. The van der Waals surface area contributed by atoms with Crippen molar-refractivity contribution in [3.63, 3.8) is 0 Å². The molecule has 0 atom stereocenters. The van der Waals surface area contributed by atoms with E-state index in [1.54, 1.807) is 20.1 Å². The molecule has 6 heteroatoms. The van der Waals surface area contributed by atoms with Crippen molar-refractivity contribution < 1.29 is 19.4 Å². The largest absolute Gasteiger partial charge is 0.497 e. The molecule has 2 rings (SSSR count). The summed E-state index contributed by atoms with van der Waals surface area (Å²) in [5.41, 5.74) is 1.30. The molecule has 0 aliphatic heterocycles. The number of carbonyl (C=O) groups is 1. The van der Waals surface area contributed by atoms with Crippen LogP contribution in [0.3, 0.4) is 0 Å². The number of aryl methyl sites for hydroxylation is 1. The first-order chi connectivity index (χ1) is 10.1. The van der Waals surface area contributed by atoms with Crippen LogP contribution in [0.15, 0.2) is 18.2 Å². The average Bonchev–Trinajstić information content (AvgIpc) is 2.86. The van der Waals surface area contributed by atoms with Crippen molar-refractivity contribution in [2.24, 2.45) is 0 Å². The molecule has 0 spiro atoms. The molecular weight excluding hydrogens is 290 g/mol. The zero-order chi connectivity index (χ0) is 15.4. The minimum absolute atomic E-state index is 0.252. The highest BCUT2D eigenvalue weighted by molar-refractivity contribution is 7.17. The molecular formula is C15H17NO4S. The fraction of sp³-hybridized carbons (Fsp3) is 0.333. The van der Waals surface area contributed by atoms with E-state index in [1.807, 2.05) is 19.1 Å². The number of aromatic carboxylic acids is 1. The number of methoxy groups -OCH3 is 1. The van der Waals surface area contributed by atoms with Gasteiger partial charge in [-0.25, -0.2) is 9.78 Å². The van der Waals surface area contributed by atoms with Crippen LogP contribution in [0.2, 0.25) is 0 Å². The van der Waals surface area contributed by atoms with E-state index in [0.717, 1.165) is 23.3 Å². The van der Waals surface area contributed by atoms with Crippen LogP contribution in [0.4, 0.5) is 0 Å². The first-order valence-electron chi connectivity index (χ1n) is 6.58. The normalized spacial score (nSPS) is 10.4. The molecule has 21 heavy (non-hydrogen) atoms. The number of benzene rings is 1. The fourth-order valence-corrected chi connectivity index (χ4v) is 2.78. The van der Waals surface area contributed by atoms with Gasteiger partial charge in [-0.15, -0.1) is 11.3 Å². The second-order valence-corrected chi connectivity index (χ2v) is 5.45. The smallest absolute Gasteiger partial charge is 0.347 e. The molecule has 5 nitrogen and oxygen atoms in total. The van der Waals surface area contributed by atoms with E-state index < -0.39 is 5.97 Å². The van der Waals surface area contributed by atoms with Crippen molar-refractivity contribution in [2.75, 3.05) is 13.7 Å². The number of hydrogen-bond donors (Lipinski definition) is 1. The number of carboxylic acids is 1. The van der Waals surface area contributed by atoms with Crippen LogP contribution in [0.25, 0.3) is 10.6 Å². The lowest BCUT2D eigenvalue weighted by Crippen LogP contribution is -1.97. The summed E-state index contributed by atoms with van der Waals surface area (Å²) in [7, 11) is 1.59. The lowest BCUT2D eigenvalue weighted by Gasteiger charge is -2.10. The Balaban J connectivity index is 2.46. The van der Waals surface area contributed by atoms with Gasteiger partial charge in [-0.2, -0.15) is 0 Å². The second-order valence-electron chi connectivity index (χ2n) is 4.45. The van der Waals surface area contributed by atoms with E-state index in [1.165, 1.54) is 0 Å². The van der Waals surface area contributed by atoms with Crippen LogP contribution in [-0.2, 0) is 0 Å². The number of hydrogen-bond acceptors (Lipinski definition) is 5. The van der Waals surface area contributed by atoms with Gasteiger partial charge in [0.2, 0.25) is 0 Å². The molecule has 2 aromatic rings. The van der Waals surface area contributed by atoms with Gasteiger partial charge in [0.05, 0.1) is 25.0 Å².